The van der Waals surface area contributed by atoms with Crippen LogP contribution in [0.5, 0.6) is 0 Å². The van der Waals surface area contributed by atoms with Crippen LogP contribution in [0.1, 0.15) is 31.4 Å². The van der Waals surface area contributed by atoms with Crippen molar-refractivity contribution in [3.05, 3.63) is 24.2 Å². The quantitative estimate of drug-likeness (QED) is 0.748. The maximum atomic E-state index is 5.29. The van der Waals surface area contributed by atoms with Crippen molar-refractivity contribution < 1.29 is 4.42 Å². The van der Waals surface area contributed by atoms with Crippen LogP contribution in [-0.2, 0) is 6.42 Å². The molecule has 0 amide bonds. The fraction of sp³-hybridized carbons (Fsp3) is 0.692. The molecule has 0 aliphatic carbocycles. The molecule has 0 spiro atoms. The molecule has 1 aromatic rings. The van der Waals surface area contributed by atoms with E-state index in [9.17, 15) is 0 Å². The van der Waals surface area contributed by atoms with Crippen LogP contribution in [0.15, 0.2) is 22.8 Å². The Balaban J connectivity index is 1.56. The third-order valence-electron chi connectivity index (χ3n) is 3.18. The highest BCUT2D eigenvalue weighted by molar-refractivity contribution is 4.98. The van der Waals surface area contributed by atoms with Crippen LogP contribution in [0.3, 0.4) is 0 Å². The van der Waals surface area contributed by atoms with E-state index in [4.69, 9.17) is 4.42 Å². The molecular formula is C13H22N2O. The van der Waals surface area contributed by atoms with E-state index in [1.54, 1.807) is 6.26 Å². The average molecular weight is 222 g/mol. The Hall–Kier alpha value is -0.800. The van der Waals surface area contributed by atoms with Crippen LogP contribution in [-0.4, -0.2) is 25.7 Å². The molecule has 1 aromatic heterocycles. The lowest BCUT2D eigenvalue weighted by Crippen LogP contribution is -2.38. The molecule has 1 aliphatic heterocycles. The fourth-order valence-electron chi connectivity index (χ4n) is 2.22. The summed E-state index contributed by atoms with van der Waals surface area (Å²) in [6.07, 6.45) is 8.13. The predicted molar refractivity (Wildman–Crippen MR) is 65.5 cm³/mol. The van der Waals surface area contributed by atoms with E-state index < -0.39 is 0 Å². The van der Waals surface area contributed by atoms with Crippen LogP contribution < -0.4 is 10.6 Å². The van der Waals surface area contributed by atoms with Crippen molar-refractivity contribution in [2.75, 3.05) is 19.6 Å². The van der Waals surface area contributed by atoms with Gasteiger partial charge in [0.2, 0.25) is 0 Å². The molecule has 1 fully saturated rings. The number of furan rings is 1. The summed E-state index contributed by atoms with van der Waals surface area (Å²) < 4.78 is 5.29. The van der Waals surface area contributed by atoms with Gasteiger partial charge in [0.25, 0.3) is 0 Å². The highest BCUT2D eigenvalue weighted by Crippen LogP contribution is 2.07. The number of hydrogen-bond acceptors (Lipinski definition) is 3. The molecule has 1 atom stereocenters. The summed E-state index contributed by atoms with van der Waals surface area (Å²) in [5.74, 6) is 1.07. The van der Waals surface area contributed by atoms with Crippen molar-refractivity contribution in [2.24, 2.45) is 0 Å². The molecule has 2 rings (SSSR count). The highest BCUT2D eigenvalue weighted by atomic mass is 16.3. The lowest BCUT2D eigenvalue weighted by atomic mass is 10.1. The van der Waals surface area contributed by atoms with Crippen molar-refractivity contribution in [2.45, 2.75) is 38.1 Å². The van der Waals surface area contributed by atoms with E-state index in [1.165, 1.54) is 32.2 Å². The Morgan fingerprint density at radius 2 is 2.38 bits per heavy atom. The Kier molecular flexibility index (Phi) is 4.90. The highest BCUT2D eigenvalue weighted by Gasteiger charge is 2.10. The zero-order chi connectivity index (χ0) is 11.1. The average Bonchev–Trinajstić information content (AvgIpc) is 2.68. The van der Waals surface area contributed by atoms with Gasteiger partial charge in [-0.1, -0.05) is 12.8 Å². The first-order valence-electron chi connectivity index (χ1n) is 6.41. The third kappa shape index (κ3) is 3.99. The minimum absolute atomic E-state index is 0.666. The molecule has 1 saturated heterocycles. The summed E-state index contributed by atoms with van der Waals surface area (Å²) in [5, 5.41) is 7.09. The lowest BCUT2D eigenvalue weighted by molar-refractivity contribution is 0.457. The first-order valence-corrected chi connectivity index (χ1v) is 6.41. The maximum Gasteiger partial charge on any atom is 0.105 e. The van der Waals surface area contributed by atoms with Gasteiger partial charge < -0.3 is 15.1 Å². The summed E-state index contributed by atoms with van der Waals surface area (Å²) >= 11 is 0. The molecule has 0 bridgehead atoms. The molecule has 2 N–H and O–H groups in total. The minimum Gasteiger partial charge on any atom is -0.469 e. The van der Waals surface area contributed by atoms with Gasteiger partial charge in [0.05, 0.1) is 6.26 Å². The SMILES string of the molecule is c1coc(CCNCC2CCCCCN2)c1. The second-order valence-electron chi connectivity index (χ2n) is 4.53. The first-order chi connectivity index (χ1) is 7.95. The first kappa shape index (κ1) is 11.7. The number of nitrogens with one attached hydrogen (secondary N) is 2. The Labute approximate surface area is 97.6 Å². The molecule has 0 aromatic carbocycles. The van der Waals surface area contributed by atoms with Crippen molar-refractivity contribution in [1.29, 1.82) is 0 Å². The molecule has 16 heavy (non-hydrogen) atoms. The van der Waals surface area contributed by atoms with E-state index in [-0.39, 0.29) is 0 Å². The van der Waals surface area contributed by atoms with Gasteiger partial charge in [-0.15, -0.1) is 0 Å². The van der Waals surface area contributed by atoms with Crippen LogP contribution in [0.25, 0.3) is 0 Å². The fourth-order valence-corrected chi connectivity index (χ4v) is 2.22. The van der Waals surface area contributed by atoms with Crippen LogP contribution >= 0.6 is 0 Å². The van der Waals surface area contributed by atoms with E-state index >= 15 is 0 Å². The summed E-state index contributed by atoms with van der Waals surface area (Å²) in [4.78, 5) is 0. The van der Waals surface area contributed by atoms with E-state index in [2.05, 4.69) is 10.6 Å². The monoisotopic (exact) mass is 222 g/mol. The second-order valence-corrected chi connectivity index (χ2v) is 4.53. The zero-order valence-corrected chi connectivity index (χ0v) is 9.87. The largest absolute Gasteiger partial charge is 0.469 e. The molecule has 1 unspecified atom stereocenters. The summed E-state index contributed by atoms with van der Waals surface area (Å²) in [5.41, 5.74) is 0. The van der Waals surface area contributed by atoms with Gasteiger partial charge in [0, 0.05) is 25.6 Å². The topological polar surface area (TPSA) is 37.2 Å². The van der Waals surface area contributed by atoms with E-state index in [1.807, 2.05) is 12.1 Å². The number of hydrogen-bond donors (Lipinski definition) is 2. The van der Waals surface area contributed by atoms with Gasteiger partial charge in [0.1, 0.15) is 5.76 Å². The standard InChI is InChI=1S/C13H22N2O/c1-2-5-12(15-8-3-1)11-14-9-7-13-6-4-10-16-13/h4,6,10,12,14-15H,1-3,5,7-9,11H2. The molecule has 90 valence electrons. The van der Waals surface area contributed by atoms with Gasteiger partial charge >= 0.3 is 0 Å². The molecule has 0 radical (unpaired) electrons. The van der Waals surface area contributed by atoms with E-state index in [0.717, 1.165) is 25.3 Å². The van der Waals surface area contributed by atoms with E-state index in [0.29, 0.717) is 6.04 Å². The van der Waals surface area contributed by atoms with Gasteiger partial charge in [-0.3, -0.25) is 0 Å². The van der Waals surface area contributed by atoms with Gasteiger partial charge in [-0.2, -0.15) is 0 Å². The summed E-state index contributed by atoms with van der Waals surface area (Å²) in [7, 11) is 0. The van der Waals surface area contributed by atoms with Crippen molar-refractivity contribution >= 4 is 0 Å². The zero-order valence-electron chi connectivity index (χ0n) is 9.87. The second kappa shape index (κ2) is 6.71. The minimum atomic E-state index is 0.666. The molecule has 3 nitrogen and oxygen atoms in total. The van der Waals surface area contributed by atoms with Crippen LogP contribution in [0.2, 0.25) is 0 Å². The normalized spacial score (nSPS) is 21.9. The van der Waals surface area contributed by atoms with Gasteiger partial charge in [-0.25, -0.2) is 0 Å². The van der Waals surface area contributed by atoms with Crippen molar-refractivity contribution in [3.8, 4) is 0 Å². The summed E-state index contributed by atoms with van der Waals surface area (Å²) in [6, 6.07) is 4.65. The summed E-state index contributed by atoms with van der Waals surface area (Å²) in [6.45, 7) is 3.27. The lowest BCUT2D eigenvalue weighted by Gasteiger charge is -2.16. The maximum absolute atomic E-state index is 5.29. The smallest absolute Gasteiger partial charge is 0.105 e. The molecule has 1 aliphatic rings. The van der Waals surface area contributed by atoms with Crippen molar-refractivity contribution in [1.82, 2.24) is 10.6 Å². The Morgan fingerprint density at radius 3 is 3.25 bits per heavy atom. The van der Waals surface area contributed by atoms with Crippen LogP contribution in [0, 0.1) is 0 Å². The Bertz CT molecular complexity index is 263. The number of rotatable bonds is 5. The van der Waals surface area contributed by atoms with Gasteiger partial charge in [-0.05, 0) is 31.5 Å². The molecule has 0 saturated carbocycles. The molecule has 3 heteroatoms. The Morgan fingerprint density at radius 1 is 1.38 bits per heavy atom. The van der Waals surface area contributed by atoms with Crippen LogP contribution in [0.4, 0.5) is 0 Å². The van der Waals surface area contributed by atoms with Gasteiger partial charge in [0.15, 0.2) is 0 Å². The molecular weight excluding hydrogens is 200 g/mol. The van der Waals surface area contributed by atoms with Crippen molar-refractivity contribution in [3.63, 3.8) is 0 Å². The molecule has 2 heterocycles. The third-order valence-corrected chi connectivity index (χ3v) is 3.18. The predicted octanol–water partition coefficient (Wildman–Crippen LogP) is 1.94.